The highest BCUT2D eigenvalue weighted by Gasteiger charge is 2.23. The molecular weight excluding hydrogens is 456 g/mol. The average molecular weight is 481 g/mol. The molecule has 0 unspecified atom stereocenters. The number of hydrogen-bond acceptors (Lipinski definition) is 7. The maximum absolute atomic E-state index is 13.1. The molecule has 0 fully saturated rings. The quantitative estimate of drug-likeness (QED) is 0.390. The molecule has 9 nitrogen and oxygen atoms in total. The molecule has 0 spiro atoms. The summed E-state index contributed by atoms with van der Waals surface area (Å²) in [6, 6.07) is 3.51. The molecule has 2 aromatic heterocycles. The van der Waals surface area contributed by atoms with E-state index >= 15 is 0 Å². The molecule has 0 saturated carbocycles. The Morgan fingerprint density at radius 1 is 1.25 bits per heavy atom. The summed E-state index contributed by atoms with van der Waals surface area (Å²) in [7, 11) is 1.48. The lowest BCUT2D eigenvalue weighted by Gasteiger charge is -2.10. The number of aliphatic hydroxyl groups is 1. The molecule has 11 heteroatoms. The molecule has 0 amide bonds. The minimum Gasteiger partial charge on any atom is -0.454 e. The number of hydrogen-bond donors (Lipinski definition) is 1. The van der Waals surface area contributed by atoms with Crippen molar-refractivity contribution in [3.05, 3.63) is 43.6 Å². The highest BCUT2D eigenvalue weighted by atomic mass is 35.5. The van der Waals surface area contributed by atoms with Gasteiger partial charge in [-0.2, -0.15) is 5.10 Å². The van der Waals surface area contributed by atoms with Gasteiger partial charge in [-0.3, -0.25) is 18.6 Å². The Kier molecular flexibility index (Phi) is 6.55. The van der Waals surface area contributed by atoms with Crippen molar-refractivity contribution in [1.29, 1.82) is 0 Å². The first-order valence-corrected chi connectivity index (χ1v) is 11.7. The maximum atomic E-state index is 13.1. The van der Waals surface area contributed by atoms with Crippen LogP contribution in [0.3, 0.4) is 0 Å². The number of rotatable bonds is 8. The minimum atomic E-state index is -0.395. The second-order valence-corrected chi connectivity index (χ2v) is 9.53. The fourth-order valence-corrected chi connectivity index (χ4v) is 4.85. The number of fused-ring (bicyclic) bond motifs is 2. The second-order valence-electron chi connectivity index (χ2n) is 8.04. The van der Waals surface area contributed by atoms with E-state index in [0.717, 1.165) is 10.1 Å². The number of ether oxygens (including phenoxy) is 2. The van der Waals surface area contributed by atoms with Crippen LogP contribution in [0.15, 0.2) is 26.7 Å². The first kappa shape index (κ1) is 22.8. The normalized spacial score (nSPS) is 12.9. The van der Waals surface area contributed by atoms with Gasteiger partial charge in [-0.05, 0) is 24.0 Å². The molecular formula is C21H25ClN4O5S. The van der Waals surface area contributed by atoms with Crippen molar-refractivity contribution in [2.24, 2.45) is 13.0 Å². The number of benzene rings is 1. The standard InChI is InChI=1S/C21H25ClN4O5S/c1-12(2)9-25-18-17(19(28)24(3)21(25)29)20(32-6-4-5-27)26(23-18)10-13-7-15-16(8-14(13)22)31-11-30-15/h7-8,12,27H,4-6,9-11H2,1-3H3. The van der Waals surface area contributed by atoms with Crippen LogP contribution in [0.2, 0.25) is 5.02 Å². The zero-order valence-electron chi connectivity index (χ0n) is 18.1. The van der Waals surface area contributed by atoms with Crippen LogP contribution in [0.5, 0.6) is 11.5 Å². The summed E-state index contributed by atoms with van der Waals surface area (Å²) in [4.78, 5) is 25.9. The van der Waals surface area contributed by atoms with Crippen LogP contribution in [-0.2, 0) is 20.1 Å². The molecule has 0 radical (unpaired) electrons. The van der Waals surface area contributed by atoms with Crippen molar-refractivity contribution >= 4 is 34.4 Å². The van der Waals surface area contributed by atoms with E-state index in [4.69, 9.17) is 21.1 Å². The van der Waals surface area contributed by atoms with Gasteiger partial charge in [-0.1, -0.05) is 25.4 Å². The minimum absolute atomic E-state index is 0.0448. The van der Waals surface area contributed by atoms with Gasteiger partial charge in [0.2, 0.25) is 6.79 Å². The topological polar surface area (TPSA) is 101 Å². The molecule has 1 N–H and O–H groups in total. The monoisotopic (exact) mass is 480 g/mol. The molecule has 172 valence electrons. The third-order valence-corrected chi connectivity index (χ3v) is 6.66. The molecule has 1 aromatic carbocycles. The molecule has 0 saturated heterocycles. The Morgan fingerprint density at radius 3 is 2.66 bits per heavy atom. The third-order valence-electron chi connectivity index (χ3n) is 5.13. The number of thioether (sulfide) groups is 1. The van der Waals surface area contributed by atoms with Crippen molar-refractivity contribution in [1.82, 2.24) is 18.9 Å². The van der Waals surface area contributed by atoms with Crippen LogP contribution >= 0.6 is 23.4 Å². The van der Waals surface area contributed by atoms with Crippen LogP contribution in [0, 0.1) is 5.92 Å². The summed E-state index contributed by atoms with van der Waals surface area (Å²) >= 11 is 7.91. The van der Waals surface area contributed by atoms with E-state index in [2.05, 4.69) is 5.10 Å². The Morgan fingerprint density at radius 2 is 1.97 bits per heavy atom. The van der Waals surface area contributed by atoms with Crippen LogP contribution in [0.4, 0.5) is 0 Å². The molecule has 1 aliphatic heterocycles. The van der Waals surface area contributed by atoms with Gasteiger partial charge >= 0.3 is 5.69 Å². The van der Waals surface area contributed by atoms with E-state index in [-0.39, 0.29) is 31.4 Å². The van der Waals surface area contributed by atoms with Crippen LogP contribution < -0.4 is 20.7 Å². The Hall–Kier alpha value is -2.43. The van der Waals surface area contributed by atoms with E-state index in [0.29, 0.717) is 51.3 Å². The molecule has 1 aliphatic rings. The molecule has 0 aliphatic carbocycles. The van der Waals surface area contributed by atoms with Gasteiger partial charge in [0.1, 0.15) is 10.4 Å². The summed E-state index contributed by atoms with van der Waals surface area (Å²) in [5.41, 5.74) is 0.325. The van der Waals surface area contributed by atoms with Crippen LogP contribution in [0.1, 0.15) is 25.8 Å². The predicted molar refractivity (Wildman–Crippen MR) is 123 cm³/mol. The fraction of sp³-hybridized carbons (Fsp3) is 0.476. The van der Waals surface area contributed by atoms with Gasteiger partial charge in [-0.15, -0.1) is 11.8 Å². The van der Waals surface area contributed by atoms with Gasteiger partial charge in [0.25, 0.3) is 5.56 Å². The van der Waals surface area contributed by atoms with Crippen molar-refractivity contribution in [3.63, 3.8) is 0 Å². The Bertz CT molecular complexity index is 1280. The number of halogens is 1. The van der Waals surface area contributed by atoms with E-state index in [1.54, 1.807) is 21.4 Å². The SMILES string of the molecule is CC(C)Cn1c(=O)n(C)c(=O)c2c(SCCCO)n(Cc3cc4c(cc3Cl)OCO4)nc21. The molecule has 0 atom stereocenters. The first-order chi connectivity index (χ1) is 15.3. The van der Waals surface area contributed by atoms with Gasteiger partial charge in [0.15, 0.2) is 17.1 Å². The zero-order chi connectivity index (χ0) is 23.0. The number of aliphatic hydroxyl groups excluding tert-OH is 1. The highest BCUT2D eigenvalue weighted by molar-refractivity contribution is 7.99. The average Bonchev–Trinajstić information content (AvgIpc) is 3.34. The zero-order valence-corrected chi connectivity index (χ0v) is 19.7. The van der Waals surface area contributed by atoms with Gasteiger partial charge in [-0.25, -0.2) is 4.79 Å². The summed E-state index contributed by atoms with van der Waals surface area (Å²) in [5, 5.41) is 15.4. The summed E-state index contributed by atoms with van der Waals surface area (Å²) < 4.78 is 15.2. The Balaban J connectivity index is 1.89. The lowest BCUT2D eigenvalue weighted by molar-refractivity contribution is 0.174. The number of aromatic nitrogens is 4. The maximum Gasteiger partial charge on any atom is 0.332 e. The van der Waals surface area contributed by atoms with E-state index in [1.165, 1.54) is 18.8 Å². The molecule has 3 heterocycles. The summed E-state index contributed by atoms with van der Waals surface area (Å²) in [5.74, 6) is 1.97. The number of nitrogens with zero attached hydrogens (tertiary/aromatic N) is 4. The lowest BCUT2D eigenvalue weighted by Crippen LogP contribution is -2.38. The smallest absolute Gasteiger partial charge is 0.332 e. The summed E-state index contributed by atoms with van der Waals surface area (Å²) in [6.45, 7) is 4.91. The largest absolute Gasteiger partial charge is 0.454 e. The molecule has 4 rings (SSSR count). The third kappa shape index (κ3) is 4.14. The Labute approximate surface area is 193 Å². The van der Waals surface area contributed by atoms with Crippen molar-refractivity contribution in [2.75, 3.05) is 19.2 Å². The van der Waals surface area contributed by atoms with E-state index < -0.39 is 5.69 Å². The molecule has 0 bridgehead atoms. The fourth-order valence-electron chi connectivity index (χ4n) is 3.60. The molecule has 3 aromatic rings. The van der Waals surface area contributed by atoms with Gasteiger partial charge < -0.3 is 14.6 Å². The van der Waals surface area contributed by atoms with E-state index in [1.807, 2.05) is 13.8 Å². The molecule has 32 heavy (non-hydrogen) atoms. The van der Waals surface area contributed by atoms with Crippen molar-refractivity contribution in [3.8, 4) is 11.5 Å². The lowest BCUT2D eigenvalue weighted by atomic mass is 10.2. The van der Waals surface area contributed by atoms with E-state index in [9.17, 15) is 14.7 Å². The first-order valence-electron chi connectivity index (χ1n) is 10.3. The highest BCUT2D eigenvalue weighted by Crippen LogP contribution is 2.37. The van der Waals surface area contributed by atoms with Crippen molar-refractivity contribution < 1.29 is 14.6 Å². The van der Waals surface area contributed by atoms with Gasteiger partial charge in [0.05, 0.1) is 6.54 Å². The van der Waals surface area contributed by atoms with Crippen LogP contribution in [0.25, 0.3) is 11.0 Å². The van der Waals surface area contributed by atoms with Crippen LogP contribution in [-0.4, -0.2) is 43.2 Å². The van der Waals surface area contributed by atoms with Crippen molar-refractivity contribution in [2.45, 2.75) is 38.4 Å². The van der Waals surface area contributed by atoms with Gasteiger partial charge in [0, 0.05) is 37.0 Å². The second kappa shape index (κ2) is 9.21. The summed E-state index contributed by atoms with van der Waals surface area (Å²) in [6.07, 6.45) is 0.564. The predicted octanol–water partition coefficient (Wildman–Crippen LogP) is 2.46.